The molecule has 3 aliphatic carbocycles. The Balaban J connectivity index is 1.67. The molecule has 0 aromatic carbocycles. The monoisotopic (exact) mass is 245 g/mol. The molecule has 3 aliphatic rings. The molecule has 0 spiro atoms. The molecule has 3 saturated carbocycles. The summed E-state index contributed by atoms with van der Waals surface area (Å²) in [6.45, 7) is 2.37. The fourth-order valence-electron chi connectivity index (χ4n) is 5.38. The zero-order chi connectivity index (χ0) is 12.5. The summed E-state index contributed by atoms with van der Waals surface area (Å²) in [6, 6.07) is 2.53. The summed E-state index contributed by atoms with van der Waals surface area (Å²) < 4.78 is 0. The summed E-state index contributed by atoms with van der Waals surface area (Å²) in [5.41, 5.74) is 0. The highest BCUT2D eigenvalue weighted by atomic mass is 14.5. The molecule has 0 radical (unpaired) electrons. The number of hydrogen-bond donors (Lipinski definition) is 0. The van der Waals surface area contributed by atoms with Crippen LogP contribution in [0.5, 0.6) is 0 Å². The van der Waals surface area contributed by atoms with Gasteiger partial charge in [-0.1, -0.05) is 19.8 Å². The molecule has 3 rings (SSSR count). The van der Waals surface area contributed by atoms with Gasteiger partial charge in [0.15, 0.2) is 0 Å². The molecule has 4 unspecified atom stereocenters. The number of rotatable bonds is 1. The lowest BCUT2D eigenvalue weighted by Gasteiger charge is -2.50. The third kappa shape index (κ3) is 2.20. The summed E-state index contributed by atoms with van der Waals surface area (Å²) in [7, 11) is 0. The summed E-state index contributed by atoms with van der Waals surface area (Å²) in [4.78, 5) is 0. The van der Waals surface area contributed by atoms with E-state index in [9.17, 15) is 0 Å². The normalized spacial score (nSPS) is 47.8. The van der Waals surface area contributed by atoms with E-state index in [0.717, 1.165) is 29.6 Å². The van der Waals surface area contributed by atoms with Gasteiger partial charge in [0, 0.05) is 5.92 Å². The van der Waals surface area contributed by atoms with E-state index in [2.05, 4.69) is 13.0 Å². The maximum Gasteiger partial charge on any atom is 0.0655 e. The SMILES string of the molecule is CC[C@@H]1CCC2C(CCC3C[C@H](C#N)CCC32)C1. The molecule has 0 bridgehead atoms. The summed E-state index contributed by atoms with van der Waals surface area (Å²) in [5.74, 6) is 5.39. The molecule has 0 aromatic heterocycles. The highest BCUT2D eigenvalue weighted by molar-refractivity contribution is 4.97. The molecule has 1 heteroatoms. The van der Waals surface area contributed by atoms with E-state index in [0.29, 0.717) is 5.92 Å². The van der Waals surface area contributed by atoms with E-state index in [1.807, 2.05) is 0 Å². The van der Waals surface area contributed by atoms with Gasteiger partial charge >= 0.3 is 0 Å². The van der Waals surface area contributed by atoms with Crippen LogP contribution in [-0.4, -0.2) is 0 Å². The summed E-state index contributed by atoms with van der Waals surface area (Å²) in [6.07, 6.45) is 12.6. The average molecular weight is 245 g/mol. The van der Waals surface area contributed by atoms with Crippen molar-refractivity contribution in [2.45, 2.75) is 64.7 Å². The molecule has 0 N–H and O–H groups in total. The molecule has 0 amide bonds. The van der Waals surface area contributed by atoms with Crippen LogP contribution in [0.3, 0.4) is 0 Å². The Labute approximate surface area is 112 Å². The smallest absolute Gasteiger partial charge is 0.0655 e. The summed E-state index contributed by atoms with van der Waals surface area (Å²) in [5, 5.41) is 9.13. The topological polar surface area (TPSA) is 23.8 Å². The summed E-state index contributed by atoms with van der Waals surface area (Å²) >= 11 is 0. The van der Waals surface area contributed by atoms with Crippen LogP contribution in [0.15, 0.2) is 0 Å². The third-order valence-electron chi connectivity index (χ3n) is 6.41. The first-order valence-corrected chi connectivity index (χ1v) is 8.21. The van der Waals surface area contributed by atoms with Crippen molar-refractivity contribution in [1.29, 1.82) is 5.26 Å². The quantitative estimate of drug-likeness (QED) is 0.652. The average Bonchev–Trinajstić information content (AvgIpc) is 2.45. The Morgan fingerprint density at radius 1 is 0.889 bits per heavy atom. The molecule has 0 heterocycles. The van der Waals surface area contributed by atoms with Crippen molar-refractivity contribution in [1.82, 2.24) is 0 Å². The first kappa shape index (κ1) is 12.5. The fourth-order valence-corrected chi connectivity index (χ4v) is 5.38. The van der Waals surface area contributed by atoms with E-state index in [-0.39, 0.29) is 0 Å². The molecule has 0 aliphatic heterocycles. The van der Waals surface area contributed by atoms with Crippen LogP contribution in [0.25, 0.3) is 0 Å². The van der Waals surface area contributed by atoms with Crippen LogP contribution in [0.2, 0.25) is 0 Å². The zero-order valence-electron chi connectivity index (χ0n) is 11.8. The number of nitrogens with zero attached hydrogens (tertiary/aromatic N) is 1. The van der Waals surface area contributed by atoms with Crippen LogP contribution < -0.4 is 0 Å². The predicted molar refractivity (Wildman–Crippen MR) is 73.8 cm³/mol. The third-order valence-corrected chi connectivity index (χ3v) is 6.41. The van der Waals surface area contributed by atoms with Crippen LogP contribution in [0.4, 0.5) is 0 Å². The number of hydrogen-bond acceptors (Lipinski definition) is 1. The minimum Gasteiger partial charge on any atom is -0.198 e. The van der Waals surface area contributed by atoms with Crippen LogP contribution >= 0.6 is 0 Å². The molecule has 3 fully saturated rings. The van der Waals surface area contributed by atoms with Crippen molar-refractivity contribution in [3.8, 4) is 6.07 Å². The molecule has 1 nitrogen and oxygen atoms in total. The Kier molecular flexibility index (Phi) is 3.64. The molecular formula is C17H27N. The van der Waals surface area contributed by atoms with E-state index >= 15 is 0 Å². The van der Waals surface area contributed by atoms with Crippen LogP contribution in [-0.2, 0) is 0 Å². The number of fused-ring (bicyclic) bond motifs is 3. The van der Waals surface area contributed by atoms with Crippen LogP contribution in [0.1, 0.15) is 64.7 Å². The van der Waals surface area contributed by atoms with Crippen molar-refractivity contribution in [3.63, 3.8) is 0 Å². The zero-order valence-corrected chi connectivity index (χ0v) is 11.8. The Hall–Kier alpha value is -0.510. The number of nitriles is 1. The standard InChI is InChI=1S/C17H27N/c1-2-12-3-7-16-14(9-12)5-6-15-10-13(11-18)4-8-17(15)16/h12-17H,2-10H2,1H3/t12-,13-,14?,15?,16?,17?/m1/s1. The second kappa shape index (κ2) is 5.24. The van der Waals surface area contributed by atoms with Gasteiger partial charge in [-0.15, -0.1) is 0 Å². The lowest BCUT2D eigenvalue weighted by molar-refractivity contribution is 0.00377. The fraction of sp³-hybridized carbons (Fsp3) is 0.941. The van der Waals surface area contributed by atoms with Gasteiger partial charge in [0.25, 0.3) is 0 Å². The highest BCUT2D eigenvalue weighted by Gasteiger charge is 2.44. The maximum atomic E-state index is 9.13. The largest absolute Gasteiger partial charge is 0.198 e. The first-order valence-electron chi connectivity index (χ1n) is 8.21. The highest BCUT2D eigenvalue weighted by Crippen LogP contribution is 2.53. The lowest BCUT2D eigenvalue weighted by atomic mass is 9.55. The molecule has 100 valence electrons. The van der Waals surface area contributed by atoms with Crippen molar-refractivity contribution in [2.75, 3.05) is 0 Å². The van der Waals surface area contributed by atoms with E-state index in [1.54, 1.807) is 0 Å². The van der Waals surface area contributed by atoms with Gasteiger partial charge in [0.2, 0.25) is 0 Å². The Bertz CT molecular complexity index is 329. The van der Waals surface area contributed by atoms with E-state index < -0.39 is 0 Å². The van der Waals surface area contributed by atoms with Crippen molar-refractivity contribution in [2.24, 2.45) is 35.5 Å². The van der Waals surface area contributed by atoms with E-state index in [1.165, 1.54) is 57.8 Å². The Morgan fingerprint density at radius 3 is 2.22 bits per heavy atom. The molecule has 0 saturated heterocycles. The van der Waals surface area contributed by atoms with Gasteiger partial charge in [0.1, 0.15) is 0 Å². The first-order chi connectivity index (χ1) is 8.81. The molecule has 6 atom stereocenters. The van der Waals surface area contributed by atoms with Gasteiger partial charge in [-0.2, -0.15) is 5.26 Å². The van der Waals surface area contributed by atoms with E-state index in [4.69, 9.17) is 5.26 Å². The Morgan fingerprint density at radius 2 is 1.56 bits per heavy atom. The maximum absolute atomic E-state index is 9.13. The molecule has 18 heavy (non-hydrogen) atoms. The van der Waals surface area contributed by atoms with Crippen molar-refractivity contribution >= 4 is 0 Å². The molecule has 0 aromatic rings. The van der Waals surface area contributed by atoms with Gasteiger partial charge < -0.3 is 0 Å². The lowest BCUT2D eigenvalue weighted by Crippen LogP contribution is -2.41. The van der Waals surface area contributed by atoms with Crippen LogP contribution in [0, 0.1) is 46.8 Å². The van der Waals surface area contributed by atoms with Gasteiger partial charge in [0.05, 0.1) is 6.07 Å². The van der Waals surface area contributed by atoms with Crippen molar-refractivity contribution < 1.29 is 0 Å². The second-order valence-electron chi connectivity index (χ2n) is 7.15. The van der Waals surface area contributed by atoms with Gasteiger partial charge in [-0.05, 0) is 74.5 Å². The minimum absolute atomic E-state index is 0.384. The minimum atomic E-state index is 0.384. The molecular weight excluding hydrogens is 218 g/mol. The van der Waals surface area contributed by atoms with Gasteiger partial charge in [-0.3, -0.25) is 0 Å². The predicted octanol–water partition coefficient (Wildman–Crippen LogP) is 4.78. The second-order valence-corrected chi connectivity index (χ2v) is 7.15. The van der Waals surface area contributed by atoms with Crippen molar-refractivity contribution in [3.05, 3.63) is 0 Å². The van der Waals surface area contributed by atoms with Gasteiger partial charge in [-0.25, -0.2) is 0 Å².